The van der Waals surface area contributed by atoms with E-state index in [2.05, 4.69) is 17.1 Å². The lowest BCUT2D eigenvalue weighted by Crippen LogP contribution is -2.38. The minimum Gasteiger partial charge on any atom is -0.313 e. The number of hydrogen-bond acceptors (Lipinski definition) is 2. The standard InChI is InChI=1S/C12H23F3N2/c1-2-8-17(9-4-6-12(13,14)15)10-11-5-3-7-16-11/h11,16H,2-10H2,1H3. The molecule has 1 N–H and O–H groups in total. The van der Waals surface area contributed by atoms with Crippen LogP contribution in [0.1, 0.15) is 39.0 Å². The highest BCUT2D eigenvalue weighted by atomic mass is 19.4. The van der Waals surface area contributed by atoms with Crippen LogP contribution in [0.4, 0.5) is 13.2 Å². The van der Waals surface area contributed by atoms with E-state index in [1.165, 1.54) is 6.42 Å². The Hall–Kier alpha value is -0.290. The molecule has 0 bridgehead atoms. The number of rotatable bonds is 7. The Balaban J connectivity index is 2.22. The first-order valence-electron chi connectivity index (χ1n) is 6.54. The molecule has 5 heteroatoms. The highest BCUT2D eigenvalue weighted by Gasteiger charge is 2.26. The van der Waals surface area contributed by atoms with Crippen LogP contribution in [0.2, 0.25) is 0 Å². The van der Waals surface area contributed by atoms with Crippen molar-refractivity contribution in [1.82, 2.24) is 10.2 Å². The average Bonchev–Trinajstić information content (AvgIpc) is 2.68. The maximum absolute atomic E-state index is 12.1. The van der Waals surface area contributed by atoms with Crippen LogP contribution in [0.25, 0.3) is 0 Å². The Bertz CT molecular complexity index is 200. The van der Waals surface area contributed by atoms with Gasteiger partial charge in [-0.05, 0) is 45.3 Å². The van der Waals surface area contributed by atoms with Gasteiger partial charge in [0.15, 0.2) is 0 Å². The fraction of sp³-hybridized carbons (Fsp3) is 1.00. The molecule has 1 aliphatic rings. The van der Waals surface area contributed by atoms with Crippen LogP contribution >= 0.6 is 0 Å². The van der Waals surface area contributed by atoms with E-state index < -0.39 is 12.6 Å². The first-order valence-corrected chi connectivity index (χ1v) is 6.54. The Labute approximate surface area is 102 Å². The van der Waals surface area contributed by atoms with E-state index >= 15 is 0 Å². The van der Waals surface area contributed by atoms with Crippen LogP contribution in [0, 0.1) is 0 Å². The maximum atomic E-state index is 12.1. The minimum absolute atomic E-state index is 0.218. The van der Waals surface area contributed by atoms with E-state index in [-0.39, 0.29) is 6.42 Å². The first kappa shape index (κ1) is 14.8. The molecule has 0 aliphatic carbocycles. The summed E-state index contributed by atoms with van der Waals surface area (Å²) in [7, 11) is 0. The van der Waals surface area contributed by atoms with Gasteiger partial charge in [-0.1, -0.05) is 6.92 Å². The molecule has 1 aliphatic heterocycles. The van der Waals surface area contributed by atoms with E-state index in [1.807, 2.05) is 0 Å². The lowest BCUT2D eigenvalue weighted by molar-refractivity contribution is -0.136. The van der Waals surface area contributed by atoms with Crippen LogP contribution in [-0.2, 0) is 0 Å². The predicted octanol–water partition coefficient (Wildman–Crippen LogP) is 2.79. The minimum atomic E-state index is -4.01. The number of halogens is 3. The topological polar surface area (TPSA) is 15.3 Å². The summed E-state index contributed by atoms with van der Waals surface area (Å²) in [6, 6.07) is 0.479. The summed E-state index contributed by atoms with van der Waals surface area (Å²) in [5.41, 5.74) is 0. The molecular formula is C12H23F3N2. The van der Waals surface area contributed by atoms with Crippen LogP contribution in [0.5, 0.6) is 0 Å². The molecule has 1 saturated heterocycles. The van der Waals surface area contributed by atoms with Crippen molar-refractivity contribution in [3.63, 3.8) is 0 Å². The maximum Gasteiger partial charge on any atom is 0.389 e. The SMILES string of the molecule is CCCN(CCCC(F)(F)F)CC1CCCN1. The van der Waals surface area contributed by atoms with Gasteiger partial charge in [0, 0.05) is 19.0 Å². The van der Waals surface area contributed by atoms with E-state index in [1.54, 1.807) is 0 Å². The number of hydrogen-bond donors (Lipinski definition) is 1. The van der Waals surface area contributed by atoms with E-state index in [9.17, 15) is 13.2 Å². The summed E-state index contributed by atoms with van der Waals surface area (Å²) in [5, 5.41) is 3.39. The zero-order valence-electron chi connectivity index (χ0n) is 10.5. The van der Waals surface area contributed by atoms with Crippen molar-refractivity contribution in [3.05, 3.63) is 0 Å². The molecule has 1 fully saturated rings. The number of nitrogens with zero attached hydrogens (tertiary/aromatic N) is 1. The van der Waals surface area contributed by atoms with Gasteiger partial charge < -0.3 is 10.2 Å². The van der Waals surface area contributed by atoms with Gasteiger partial charge >= 0.3 is 6.18 Å². The van der Waals surface area contributed by atoms with Gasteiger partial charge in [0.1, 0.15) is 0 Å². The molecule has 102 valence electrons. The van der Waals surface area contributed by atoms with Crippen molar-refractivity contribution >= 4 is 0 Å². The summed E-state index contributed by atoms with van der Waals surface area (Å²) in [6.07, 6.45) is -1.11. The summed E-state index contributed by atoms with van der Waals surface area (Å²) in [6.45, 7) is 5.47. The van der Waals surface area contributed by atoms with Crippen molar-refractivity contribution in [2.24, 2.45) is 0 Å². The third-order valence-electron chi connectivity index (χ3n) is 3.12. The van der Waals surface area contributed by atoms with Crippen molar-refractivity contribution < 1.29 is 13.2 Å². The van der Waals surface area contributed by atoms with Crippen LogP contribution in [0.3, 0.4) is 0 Å². The van der Waals surface area contributed by atoms with Crippen LogP contribution < -0.4 is 5.32 Å². The molecule has 0 amide bonds. The zero-order chi connectivity index (χ0) is 12.7. The first-order chi connectivity index (χ1) is 8.01. The summed E-state index contributed by atoms with van der Waals surface area (Å²) in [5.74, 6) is 0. The van der Waals surface area contributed by atoms with Gasteiger partial charge in [-0.2, -0.15) is 13.2 Å². The Morgan fingerprint density at radius 3 is 2.59 bits per heavy atom. The third-order valence-corrected chi connectivity index (χ3v) is 3.12. The average molecular weight is 252 g/mol. The Morgan fingerprint density at radius 1 is 1.29 bits per heavy atom. The molecule has 0 aromatic rings. The van der Waals surface area contributed by atoms with Gasteiger partial charge in [0.05, 0.1) is 0 Å². The van der Waals surface area contributed by atoms with Gasteiger partial charge in [-0.15, -0.1) is 0 Å². The quantitative estimate of drug-likeness (QED) is 0.749. The van der Waals surface area contributed by atoms with E-state index in [0.717, 1.165) is 32.5 Å². The largest absolute Gasteiger partial charge is 0.389 e. The Morgan fingerprint density at radius 2 is 2.06 bits per heavy atom. The summed E-state index contributed by atoms with van der Waals surface area (Å²) in [4.78, 5) is 2.16. The van der Waals surface area contributed by atoms with Crippen molar-refractivity contribution in [3.8, 4) is 0 Å². The third kappa shape index (κ3) is 6.88. The smallest absolute Gasteiger partial charge is 0.313 e. The highest BCUT2D eigenvalue weighted by Crippen LogP contribution is 2.21. The fourth-order valence-corrected chi connectivity index (χ4v) is 2.34. The van der Waals surface area contributed by atoms with Crippen molar-refractivity contribution in [2.75, 3.05) is 26.2 Å². The molecule has 1 rings (SSSR count). The van der Waals surface area contributed by atoms with Gasteiger partial charge in [-0.25, -0.2) is 0 Å². The summed E-state index contributed by atoms with van der Waals surface area (Å²) < 4.78 is 36.2. The molecule has 1 unspecified atom stereocenters. The molecule has 0 aromatic carbocycles. The van der Waals surface area contributed by atoms with Gasteiger partial charge in [0.2, 0.25) is 0 Å². The molecule has 2 nitrogen and oxygen atoms in total. The molecular weight excluding hydrogens is 229 g/mol. The molecule has 0 saturated carbocycles. The molecule has 1 atom stereocenters. The second-order valence-corrected chi connectivity index (χ2v) is 4.81. The van der Waals surface area contributed by atoms with Crippen molar-refractivity contribution in [1.29, 1.82) is 0 Å². The molecule has 0 aromatic heterocycles. The second-order valence-electron chi connectivity index (χ2n) is 4.81. The second kappa shape index (κ2) is 7.21. The number of nitrogens with one attached hydrogen (secondary N) is 1. The van der Waals surface area contributed by atoms with E-state index in [0.29, 0.717) is 12.6 Å². The lowest BCUT2D eigenvalue weighted by Gasteiger charge is -2.25. The zero-order valence-corrected chi connectivity index (χ0v) is 10.5. The fourth-order valence-electron chi connectivity index (χ4n) is 2.34. The molecule has 0 radical (unpaired) electrons. The van der Waals surface area contributed by atoms with Gasteiger partial charge in [-0.3, -0.25) is 0 Å². The highest BCUT2D eigenvalue weighted by molar-refractivity contribution is 4.77. The monoisotopic (exact) mass is 252 g/mol. The molecule has 17 heavy (non-hydrogen) atoms. The normalized spacial score (nSPS) is 21.4. The van der Waals surface area contributed by atoms with Gasteiger partial charge in [0.25, 0.3) is 0 Å². The van der Waals surface area contributed by atoms with Crippen LogP contribution in [-0.4, -0.2) is 43.3 Å². The predicted molar refractivity (Wildman–Crippen MR) is 63.0 cm³/mol. The summed E-state index contributed by atoms with van der Waals surface area (Å²) >= 11 is 0. The Kier molecular flexibility index (Phi) is 6.27. The lowest BCUT2D eigenvalue weighted by atomic mass is 10.2. The van der Waals surface area contributed by atoms with Crippen LogP contribution in [0.15, 0.2) is 0 Å². The number of alkyl halides is 3. The van der Waals surface area contributed by atoms with Crippen molar-refractivity contribution in [2.45, 2.75) is 51.2 Å². The molecule has 0 spiro atoms. The molecule has 1 heterocycles. The van der Waals surface area contributed by atoms with E-state index in [4.69, 9.17) is 0 Å².